The first-order valence-electron chi connectivity index (χ1n) is 19.5. The molecule has 2 N–H and O–H groups in total. The summed E-state index contributed by atoms with van der Waals surface area (Å²) in [5.41, 5.74) is -5.20. The number of aliphatic hydroxyl groups excluding tert-OH is 1. The molecule has 1 aromatic carbocycles. The first-order chi connectivity index (χ1) is 27.1. The lowest BCUT2D eigenvalue weighted by Gasteiger charge is -2.46. The summed E-state index contributed by atoms with van der Waals surface area (Å²) in [7, 11) is 0. The van der Waals surface area contributed by atoms with Crippen molar-refractivity contribution in [2.75, 3.05) is 6.61 Å². The molecule has 2 aliphatic carbocycles. The average molecular weight is 808 g/mol. The first-order valence-corrected chi connectivity index (χ1v) is 19.5. The summed E-state index contributed by atoms with van der Waals surface area (Å²) >= 11 is 0. The van der Waals surface area contributed by atoms with Gasteiger partial charge in [-0.05, 0) is 42.7 Å². The molecular formula is C44H57NO13. The van der Waals surface area contributed by atoms with E-state index in [4.69, 9.17) is 28.4 Å². The fourth-order valence-electron chi connectivity index (χ4n) is 7.97. The molecular weight excluding hydrogens is 750 g/mol. The third-order valence-corrected chi connectivity index (χ3v) is 10.9. The number of hydrogen-bond acceptors (Lipinski definition) is 14. The number of aromatic nitrogens is 1. The summed E-state index contributed by atoms with van der Waals surface area (Å²) in [5.74, 6) is -6.59. The van der Waals surface area contributed by atoms with Crippen LogP contribution in [0.25, 0.3) is 0 Å². The Kier molecular flexibility index (Phi) is 14.8. The fourth-order valence-corrected chi connectivity index (χ4v) is 7.97. The van der Waals surface area contributed by atoms with E-state index in [0.717, 1.165) is 20.8 Å². The quantitative estimate of drug-likeness (QED) is 0.168. The van der Waals surface area contributed by atoms with Gasteiger partial charge in [0.05, 0.1) is 23.7 Å². The number of carbonyl (C=O) groups excluding carboxylic acids is 5. The molecule has 1 fully saturated rings. The van der Waals surface area contributed by atoms with Gasteiger partial charge >= 0.3 is 29.8 Å². The maximum atomic E-state index is 13.9. The zero-order valence-electron chi connectivity index (χ0n) is 34.7. The maximum Gasteiger partial charge on any atom is 0.340 e. The second kappa shape index (κ2) is 18.8. The highest BCUT2D eigenvalue weighted by Gasteiger charge is 2.70. The topological polar surface area (TPSA) is 194 Å². The van der Waals surface area contributed by atoms with Crippen molar-refractivity contribution in [2.45, 2.75) is 123 Å². The number of carbonyl (C=O) groups is 5. The molecule has 0 amide bonds. The molecule has 0 spiro atoms. The highest BCUT2D eigenvalue weighted by atomic mass is 16.6. The summed E-state index contributed by atoms with van der Waals surface area (Å²) in [6, 6.07) is 11.0. The van der Waals surface area contributed by atoms with E-state index >= 15 is 0 Å². The predicted octanol–water partition coefficient (Wildman–Crippen LogP) is 5.35. The van der Waals surface area contributed by atoms with Crippen molar-refractivity contribution in [3.05, 3.63) is 90.3 Å². The summed E-state index contributed by atoms with van der Waals surface area (Å²) < 4.78 is 36.7. The minimum absolute atomic E-state index is 0.0534. The molecule has 0 bridgehead atoms. The van der Waals surface area contributed by atoms with Gasteiger partial charge in [-0.3, -0.25) is 19.4 Å². The third kappa shape index (κ3) is 10.4. The molecule has 1 saturated carbocycles. The number of nitrogens with zero attached hydrogens (tertiary/aromatic N) is 1. The van der Waals surface area contributed by atoms with Crippen LogP contribution in [0, 0.1) is 23.2 Å². The van der Waals surface area contributed by atoms with Gasteiger partial charge in [0.15, 0.2) is 6.10 Å². The minimum Gasteiger partial charge on any atom is -0.459 e. The molecule has 316 valence electrons. The van der Waals surface area contributed by atoms with Crippen LogP contribution in [0.3, 0.4) is 0 Å². The molecule has 14 heteroatoms. The number of esters is 5. The molecule has 1 aromatic heterocycles. The number of rotatable bonds is 11. The average Bonchev–Trinajstić information content (AvgIpc) is 3.38. The Bertz CT molecular complexity index is 1830. The molecule has 0 radical (unpaired) electrons. The van der Waals surface area contributed by atoms with Gasteiger partial charge in [-0.25, -0.2) is 9.59 Å². The molecule has 1 heterocycles. The zero-order valence-corrected chi connectivity index (χ0v) is 34.7. The molecule has 0 aliphatic heterocycles. The third-order valence-electron chi connectivity index (χ3n) is 10.9. The van der Waals surface area contributed by atoms with E-state index in [1.54, 1.807) is 57.2 Å². The van der Waals surface area contributed by atoms with Crippen molar-refractivity contribution in [1.82, 2.24) is 4.98 Å². The summed E-state index contributed by atoms with van der Waals surface area (Å²) in [6.45, 7) is 18.2. The first kappa shape index (κ1) is 45.8. The Morgan fingerprint density at radius 2 is 1.45 bits per heavy atom. The summed E-state index contributed by atoms with van der Waals surface area (Å²) in [4.78, 5) is 70.6. The van der Waals surface area contributed by atoms with Crippen molar-refractivity contribution in [3.8, 4) is 0 Å². The van der Waals surface area contributed by atoms with Gasteiger partial charge in [0.1, 0.15) is 41.7 Å². The largest absolute Gasteiger partial charge is 0.459 e. The van der Waals surface area contributed by atoms with Gasteiger partial charge in [-0.2, -0.15) is 0 Å². The monoisotopic (exact) mass is 807 g/mol. The highest BCUT2D eigenvalue weighted by molar-refractivity contribution is 5.90. The van der Waals surface area contributed by atoms with Crippen LogP contribution in [-0.4, -0.2) is 99.5 Å². The van der Waals surface area contributed by atoms with Crippen LogP contribution in [0.1, 0.15) is 95.9 Å². The van der Waals surface area contributed by atoms with Crippen molar-refractivity contribution in [3.63, 3.8) is 0 Å². The van der Waals surface area contributed by atoms with E-state index < -0.39 is 101 Å². The molecule has 4 rings (SSSR count). The summed E-state index contributed by atoms with van der Waals surface area (Å²) in [6.07, 6.45) is -2.97. The van der Waals surface area contributed by atoms with Crippen LogP contribution < -0.4 is 0 Å². The number of pyridine rings is 1. The van der Waals surface area contributed by atoms with Crippen LogP contribution in [0.2, 0.25) is 0 Å². The van der Waals surface area contributed by atoms with E-state index in [2.05, 4.69) is 11.6 Å². The molecule has 2 unspecified atom stereocenters. The smallest absolute Gasteiger partial charge is 0.340 e. The standard InChI is InChI=1S/C44H57NO13/c1-11-25(2)23-53-36-27(4)35(54-28(5)46)33-38(56-40(50)31-16-13-12-14-17-31)43(10,58-30(7)48)24-44(33,52)37(55-29(6)47)26(3)19-20-42(8,9)39(34(36)49)57-41(51)32-18-15-21-45-22-32/h12-22,25-26,33-39,49,52H,4,11,23-24H2,1-3,5-10H3/b20-19-/t25?,26-,33?,34+,35-,36-,37-,38+,39+,43+,44+/m0/s1. The van der Waals surface area contributed by atoms with Gasteiger partial charge in [-0.15, -0.1) is 0 Å². The number of fused-ring (bicyclic) bond motifs is 1. The predicted molar refractivity (Wildman–Crippen MR) is 210 cm³/mol. The molecule has 2 aliphatic rings. The van der Waals surface area contributed by atoms with Gasteiger partial charge < -0.3 is 38.6 Å². The molecule has 11 atom stereocenters. The van der Waals surface area contributed by atoms with E-state index in [1.165, 1.54) is 37.5 Å². The summed E-state index contributed by atoms with van der Waals surface area (Å²) in [5, 5.41) is 25.8. The van der Waals surface area contributed by atoms with Crippen LogP contribution >= 0.6 is 0 Å². The Morgan fingerprint density at radius 3 is 2.02 bits per heavy atom. The van der Waals surface area contributed by atoms with E-state index in [-0.39, 0.29) is 29.2 Å². The number of benzene rings is 1. The highest BCUT2D eigenvalue weighted by Crippen LogP contribution is 2.54. The fraction of sp³-hybridized carbons (Fsp3) is 0.545. The number of ether oxygens (including phenoxy) is 6. The van der Waals surface area contributed by atoms with E-state index in [0.29, 0.717) is 6.42 Å². The molecule has 14 nitrogen and oxygen atoms in total. The van der Waals surface area contributed by atoms with Crippen molar-refractivity contribution < 1.29 is 62.6 Å². The van der Waals surface area contributed by atoms with Crippen LogP contribution in [0.15, 0.2) is 79.2 Å². The number of aliphatic hydroxyl groups is 2. The Balaban J connectivity index is 2.06. The molecule has 2 aromatic rings. The SMILES string of the molecule is C=C1[C@H](OC(C)=O)C2[C@@H](OC(=O)c3ccccc3)[C@](C)(OC(C)=O)C[C@]2(O)[C@@H](OC(C)=O)[C@@H](C)/C=C\C(C)(C)[C@H](OC(=O)c2cccnc2)[C@H](O)[C@H]1OCC(C)CC. The van der Waals surface area contributed by atoms with E-state index in [9.17, 15) is 34.2 Å². The lowest BCUT2D eigenvalue weighted by atomic mass is 9.71. The Hall–Kier alpha value is -4.92. The van der Waals surface area contributed by atoms with Crippen molar-refractivity contribution in [1.29, 1.82) is 0 Å². The second-order valence-electron chi connectivity index (χ2n) is 16.3. The van der Waals surface area contributed by atoms with Crippen LogP contribution in [0.5, 0.6) is 0 Å². The van der Waals surface area contributed by atoms with Gasteiger partial charge in [0, 0.05) is 50.9 Å². The second-order valence-corrected chi connectivity index (χ2v) is 16.3. The van der Waals surface area contributed by atoms with Crippen molar-refractivity contribution in [2.24, 2.45) is 23.2 Å². The van der Waals surface area contributed by atoms with Crippen LogP contribution in [0.4, 0.5) is 0 Å². The normalized spacial score (nSPS) is 31.9. The minimum atomic E-state index is -2.30. The van der Waals surface area contributed by atoms with Crippen molar-refractivity contribution >= 4 is 29.8 Å². The maximum absolute atomic E-state index is 13.9. The Labute approximate surface area is 339 Å². The molecule has 0 saturated heterocycles. The van der Waals surface area contributed by atoms with Crippen LogP contribution in [-0.2, 0) is 42.8 Å². The number of hydrogen-bond donors (Lipinski definition) is 2. The zero-order chi connectivity index (χ0) is 43.2. The van der Waals surface area contributed by atoms with Gasteiger partial charge in [0.2, 0.25) is 0 Å². The van der Waals surface area contributed by atoms with Gasteiger partial charge in [0.25, 0.3) is 0 Å². The Morgan fingerprint density at radius 1 is 0.845 bits per heavy atom. The van der Waals surface area contributed by atoms with Gasteiger partial charge in [-0.1, -0.05) is 78.0 Å². The lowest BCUT2D eigenvalue weighted by Crippen LogP contribution is -2.59. The molecule has 58 heavy (non-hydrogen) atoms. The lowest BCUT2D eigenvalue weighted by molar-refractivity contribution is -0.193. The van der Waals surface area contributed by atoms with E-state index in [1.807, 2.05) is 13.8 Å².